The van der Waals surface area contributed by atoms with Gasteiger partial charge in [-0.05, 0) is 54.8 Å². The van der Waals surface area contributed by atoms with Crippen molar-refractivity contribution in [2.75, 3.05) is 0 Å². The van der Waals surface area contributed by atoms with Crippen LogP contribution in [0.15, 0.2) is 85.1 Å². The SMILES string of the molecule is O=C(O)CCn1ccc2cc(OCc3sc(-c4ccc(C(F)(F)F)cc4)nc3CCc3ccccc3)ccc21. The zero-order valence-electron chi connectivity index (χ0n) is 20.8. The number of aryl methyl sites for hydroxylation is 3. The molecular formula is C30H25F3N2O3S. The molecule has 5 aromatic rings. The maximum atomic E-state index is 13.0. The van der Waals surface area contributed by atoms with Crippen molar-refractivity contribution in [1.82, 2.24) is 9.55 Å². The van der Waals surface area contributed by atoms with E-state index in [1.54, 1.807) is 0 Å². The minimum absolute atomic E-state index is 0.0421. The summed E-state index contributed by atoms with van der Waals surface area (Å²) in [6, 6.07) is 22.7. The average Bonchev–Trinajstić information content (AvgIpc) is 3.53. The standard InChI is InChI=1S/C30H25F3N2O3S/c31-30(32,33)23-9-7-21(8-10-23)29-34-25(12-6-20-4-2-1-3-5-20)27(39-29)19-38-24-11-13-26-22(18-24)14-16-35(26)17-15-28(36)37/h1-5,7-11,13-14,16,18H,6,12,15,17,19H2,(H,36,37). The average molecular weight is 551 g/mol. The van der Waals surface area contributed by atoms with Crippen LogP contribution >= 0.6 is 11.3 Å². The van der Waals surface area contributed by atoms with Gasteiger partial charge in [-0.25, -0.2) is 4.98 Å². The Morgan fingerprint density at radius 3 is 2.46 bits per heavy atom. The number of hydrogen-bond donors (Lipinski definition) is 1. The molecule has 39 heavy (non-hydrogen) atoms. The van der Waals surface area contributed by atoms with Crippen LogP contribution in [0.2, 0.25) is 0 Å². The van der Waals surface area contributed by atoms with Crippen LogP contribution in [0.25, 0.3) is 21.5 Å². The largest absolute Gasteiger partial charge is 0.488 e. The first-order valence-electron chi connectivity index (χ1n) is 12.4. The van der Waals surface area contributed by atoms with Gasteiger partial charge in [0.05, 0.1) is 22.6 Å². The van der Waals surface area contributed by atoms with E-state index in [0.717, 1.165) is 40.0 Å². The lowest BCUT2D eigenvalue weighted by molar-refractivity contribution is -0.138. The Kier molecular flexibility index (Phi) is 7.70. The van der Waals surface area contributed by atoms with E-state index in [1.807, 2.05) is 53.2 Å². The highest BCUT2D eigenvalue weighted by atomic mass is 32.1. The van der Waals surface area contributed by atoms with Crippen LogP contribution in [-0.2, 0) is 37.0 Å². The van der Waals surface area contributed by atoms with Gasteiger partial charge in [-0.2, -0.15) is 13.2 Å². The summed E-state index contributed by atoms with van der Waals surface area (Å²) in [5.74, 6) is -0.183. The van der Waals surface area contributed by atoms with Gasteiger partial charge < -0.3 is 14.4 Å². The molecule has 0 saturated heterocycles. The van der Waals surface area contributed by atoms with E-state index in [0.29, 0.717) is 29.3 Å². The smallest absolute Gasteiger partial charge is 0.416 e. The van der Waals surface area contributed by atoms with Gasteiger partial charge in [-0.15, -0.1) is 11.3 Å². The van der Waals surface area contributed by atoms with Crippen LogP contribution in [0.1, 0.15) is 28.1 Å². The van der Waals surface area contributed by atoms with Gasteiger partial charge in [0.1, 0.15) is 17.4 Å². The van der Waals surface area contributed by atoms with Crippen LogP contribution in [0.4, 0.5) is 13.2 Å². The minimum atomic E-state index is -4.39. The van der Waals surface area contributed by atoms with E-state index in [4.69, 9.17) is 14.8 Å². The summed E-state index contributed by atoms with van der Waals surface area (Å²) in [5, 5.41) is 10.6. The molecule has 0 aliphatic heterocycles. The number of halogens is 3. The van der Waals surface area contributed by atoms with E-state index in [9.17, 15) is 18.0 Å². The Balaban J connectivity index is 1.36. The van der Waals surface area contributed by atoms with E-state index in [-0.39, 0.29) is 13.0 Å². The molecule has 0 amide bonds. The van der Waals surface area contributed by atoms with Crippen molar-refractivity contribution in [2.24, 2.45) is 0 Å². The van der Waals surface area contributed by atoms with E-state index in [2.05, 4.69) is 12.1 Å². The number of hydrogen-bond acceptors (Lipinski definition) is 4. The van der Waals surface area contributed by atoms with Crippen molar-refractivity contribution in [2.45, 2.75) is 38.6 Å². The fourth-order valence-electron chi connectivity index (χ4n) is 4.35. The topological polar surface area (TPSA) is 64.3 Å². The zero-order chi connectivity index (χ0) is 27.4. The molecule has 3 aromatic carbocycles. The van der Waals surface area contributed by atoms with Gasteiger partial charge in [0.15, 0.2) is 0 Å². The molecule has 0 unspecified atom stereocenters. The van der Waals surface area contributed by atoms with Gasteiger partial charge in [-0.1, -0.05) is 42.5 Å². The summed E-state index contributed by atoms with van der Waals surface area (Å²) in [6.07, 6.45) is -1.04. The summed E-state index contributed by atoms with van der Waals surface area (Å²) >= 11 is 1.42. The van der Waals surface area contributed by atoms with E-state index >= 15 is 0 Å². The van der Waals surface area contributed by atoms with Gasteiger partial charge in [0.25, 0.3) is 0 Å². The number of thiazole rings is 1. The van der Waals surface area contributed by atoms with Gasteiger partial charge >= 0.3 is 12.1 Å². The van der Waals surface area contributed by atoms with E-state index in [1.165, 1.54) is 29.0 Å². The minimum Gasteiger partial charge on any atom is -0.488 e. The number of carbonyl (C=O) groups is 1. The predicted molar refractivity (Wildman–Crippen MR) is 145 cm³/mol. The van der Waals surface area contributed by atoms with Crippen molar-refractivity contribution >= 4 is 28.2 Å². The fourth-order valence-corrected chi connectivity index (χ4v) is 5.38. The van der Waals surface area contributed by atoms with Crippen molar-refractivity contribution in [1.29, 1.82) is 0 Å². The monoisotopic (exact) mass is 550 g/mol. The van der Waals surface area contributed by atoms with Gasteiger partial charge in [-0.3, -0.25) is 4.79 Å². The van der Waals surface area contributed by atoms with E-state index < -0.39 is 17.7 Å². The molecule has 200 valence electrons. The lowest BCUT2D eigenvalue weighted by Crippen LogP contribution is -2.03. The summed E-state index contributed by atoms with van der Waals surface area (Å²) in [7, 11) is 0. The number of carboxylic acid groups (broad SMARTS) is 1. The number of carboxylic acids is 1. The van der Waals surface area contributed by atoms with Gasteiger partial charge in [0, 0.05) is 29.2 Å². The highest BCUT2D eigenvalue weighted by Crippen LogP contribution is 2.34. The maximum Gasteiger partial charge on any atom is 0.416 e. The summed E-state index contributed by atoms with van der Waals surface area (Å²) in [4.78, 5) is 16.6. The highest BCUT2D eigenvalue weighted by molar-refractivity contribution is 7.15. The Labute approximate surface area is 227 Å². The zero-order valence-corrected chi connectivity index (χ0v) is 21.6. The molecule has 0 aliphatic carbocycles. The lowest BCUT2D eigenvalue weighted by atomic mass is 10.1. The number of rotatable bonds is 10. The maximum absolute atomic E-state index is 13.0. The second-order valence-electron chi connectivity index (χ2n) is 9.11. The van der Waals surface area contributed by atoms with Gasteiger partial charge in [0.2, 0.25) is 0 Å². The fraction of sp³-hybridized carbons (Fsp3) is 0.200. The molecule has 2 aromatic heterocycles. The Hall–Kier alpha value is -4.11. The number of aromatic nitrogens is 2. The number of benzene rings is 3. The van der Waals surface area contributed by atoms with Crippen molar-refractivity contribution in [3.05, 3.63) is 107 Å². The number of nitrogens with zero attached hydrogens (tertiary/aromatic N) is 2. The number of fused-ring (bicyclic) bond motifs is 1. The molecular weight excluding hydrogens is 525 g/mol. The Bertz CT molecular complexity index is 1580. The quantitative estimate of drug-likeness (QED) is 0.194. The van der Waals surface area contributed by atoms with Crippen molar-refractivity contribution in [3.63, 3.8) is 0 Å². The molecule has 0 fully saturated rings. The molecule has 2 heterocycles. The summed E-state index contributed by atoms with van der Waals surface area (Å²) in [6.45, 7) is 0.658. The summed E-state index contributed by atoms with van der Waals surface area (Å²) < 4.78 is 47.1. The molecule has 5 rings (SSSR count). The number of ether oxygens (including phenoxy) is 1. The summed E-state index contributed by atoms with van der Waals surface area (Å²) in [5.41, 5.74) is 2.90. The number of aliphatic carboxylic acids is 1. The third-order valence-corrected chi connectivity index (χ3v) is 7.53. The van der Waals surface area contributed by atoms with Crippen molar-refractivity contribution < 1.29 is 27.8 Å². The molecule has 0 saturated carbocycles. The second kappa shape index (κ2) is 11.3. The third-order valence-electron chi connectivity index (χ3n) is 6.41. The van der Waals surface area contributed by atoms with Crippen LogP contribution < -0.4 is 4.74 Å². The van der Waals surface area contributed by atoms with Crippen LogP contribution in [0.3, 0.4) is 0 Å². The Morgan fingerprint density at radius 1 is 0.974 bits per heavy atom. The predicted octanol–water partition coefficient (Wildman–Crippen LogP) is 7.62. The Morgan fingerprint density at radius 2 is 1.74 bits per heavy atom. The molecule has 0 radical (unpaired) electrons. The van der Waals surface area contributed by atoms with Crippen molar-refractivity contribution in [3.8, 4) is 16.3 Å². The first-order chi connectivity index (χ1) is 18.8. The normalized spacial score (nSPS) is 11.7. The molecule has 0 aliphatic rings. The molecule has 0 atom stereocenters. The highest BCUT2D eigenvalue weighted by Gasteiger charge is 2.30. The molecule has 0 spiro atoms. The number of alkyl halides is 3. The van der Waals surface area contributed by atoms with Crippen LogP contribution in [0, 0.1) is 0 Å². The molecule has 1 N–H and O–H groups in total. The first-order valence-corrected chi connectivity index (χ1v) is 13.2. The van der Waals surface area contributed by atoms with Crippen LogP contribution in [-0.4, -0.2) is 20.6 Å². The third kappa shape index (κ3) is 6.49. The molecule has 5 nitrogen and oxygen atoms in total. The first kappa shape index (κ1) is 26.5. The lowest BCUT2D eigenvalue weighted by Gasteiger charge is -2.08. The second-order valence-corrected chi connectivity index (χ2v) is 10.2. The van der Waals surface area contributed by atoms with Crippen LogP contribution in [0.5, 0.6) is 5.75 Å². The molecule has 0 bridgehead atoms. The molecule has 9 heteroatoms.